The molecule has 1 N–H and O–H groups in total. The van der Waals surface area contributed by atoms with Gasteiger partial charge in [-0.1, -0.05) is 41.3 Å². The van der Waals surface area contributed by atoms with E-state index in [9.17, 15) is 9.59 Å². The minimum Gasteiger partial charge on any atom is -0.449 e. The fourth-order valence-corrected chi connectivity index (χ4v) is 3.03. The second-order valence-electron chi connectivity index (χ2n) is 5.86. The number of ether oxygens (including phenoxy) is 1. The van der Waals surface area contributed by atoms with E-state index in [0.717, 1.165) is 0 Å². The molecule has 0 bridgehead atoms. The number of hydrogen-bond acceptors (Lipinski definition) is 5. The van der Waals surface area contributed by atoms with Crippen molar-refractivity contribution in [2.75, 3.05) is 0 Å². The number of nitrogens with zero attached hydrogens (tertiary/aromatic N) is 1. The van der Waals surface area contributed by atoms with Gasteiger partial charge < -0.3 is 14.6 Å². The first-order valence-corrected chi connectivity index (χ1v) is 8.91. The Labute approximate surface area is 161 Å². The van der Waals surface area contributed by atoms with Crippen LogP contribution < -0.4 is 5.32 Å². The second-order valence-corrected chi connectivity index (χ2v) is 6.70. The molecule has 0 radical (unpaired) electrons. The molecule has 0 unspecified atom stereocenters. The number of carbonyl (C=O) groups is 2. The van der Waals surface area contributed by atoms with Crippen molar-refractivity contribution in [3.63, 3.8) is 0 Å². The van der Waals surface area contributed by atoms with Gasteiger partial charge in [0, 0.05) is 10.0 Å². The lowest BCUT2D eigenvalue weighted by atomic mass is 10.1. The molecule has 1 amide bonds. The molecule has 0 saturated carbocycles. The maximum Gasteiger partial charge on any atom is 0.344 e. The van der Waals surface area contributed by atoms with Crippen molar-refractivity contribution in [2.45, 2.75) is 46.3 Å². The van der Waals surface area contributed by atoms with E-state index in [4.69, 9.17) is 32.5 Å². The third kappa shape index (κ3) is 4.56. The van der Waals surface area contributed by atoms with Crippen molar-refractivity contribution < 1.29 is 18.8 Å². The van der Waals surface area contributed by atoms with E-state index in [2.05, 4.69) is 10.5 Å². The molecule has 0 aliphatic rings. The van der Waals surface area contributed by atoms with Crippen LogP contribution in [0.5, 0.6) is 0 Å². The summed E-state index contributed by atoms with van der Waals surface area (Å²) in [4.78, 5) is 24.7. The summed E-state index contributed by atoms with van der Waals surface area (Å²) in [6.07, 6.45) is -0.468. The summed E-state index contributed by atoms with van der Waals surface area (Å²) >= 11 is 12.0. The molecule has 1 heterocycles. The van der Waals surface area contributed by atoms with Gasteiger partial charge in [-0.3, -0.25) is 4.79 Å². The third-order valence-electron chi connectivity index (χ3n) is 3.91. The minimum absolute atomic E-state index is 0.265. The Morgan fingerprint density at radius 1 is 1.31 bits per heavy atom. The number of rotatable bonds is 6. The topological polar surface area (TPSA) is 81.4 Å². The van der Waals surface area contributed by atoms with Gasteiger partial charge in [0.1, 0.15) is 11.3 Å². The smallest absolute Gasteiger partial charge is 0.344 e. The molecule has 2 rings (SSSR count). The van der Waals surface area contributed by atoms with E-state index >= 15 is 0 Å². The van der Waals surface area contributed by atoms with Crippen LogP contribution in [0.2, 0.25) is 10.0 Å². The highest BCUT2D eigenvalue weighted by atomic mass is 35.5. The van der Waals surface area contributed by atoms with Crippen LogP contribution in [0.1, 0.15) is 54.2 Å². The molecule has 1 aromatic heterocycles. The molecule has 0 fully saturated rings. The highest BCUT2D eigenvalue weighted by Crippen LogP contribution is 2.26. The van der Waals surface area contributed by atoms with Gasteiger partial charge in [0.15, 0.2) is 6.10 Å². The summed E-state index contributed by atoms with van der Waals surface area (Å²) in [5, 5.41) is 7.53. The first-order chi connectivity index (χ1) is 12.2. The summed E-state index contributed by atoms with van der Waals surface area (Å²) in [6, 6.07) is 4.65. The number of aryl methyl sites for hydroxylation is 2. The van der Waals surface area contributed by atoms with Crippen LogP contribution in [0.25, 0.3) is 0 Å². The predicted octanol–water partition coefficient (Wildman–Crippen LogP) is 4.27. The molecule has 2 atom stereocenters. The summed E-state index contributed by atoms with van der Waals surface area (Å²) in [6.45, 7) is 6.75. The van der Waals surface area contributed by atoms with E-state index in [1.54, 1.807) is 32.0 Å². The van der Waals surface area contributed by atoms with Gasteiger partial charge in [-0.05, 0) is 44.9 Å². The lowest BCUT2D eigenvalue weighted by Gasteiger charge is -2.19. The van der Waals surface area contributed by atoms with Crippen molar-refractivity contribution in [2.24, 2.45) is 0 Å². The van der Waals surface area contributed by atoms with Gasteiger partial charge in [-0.15, -0.1) is 0 Å². The zero-order valence-corrected chi connectivity index (χ0v) is 16.4. The van der Waals surface area contributed by atoms with Gasteiger partial charge in [0.05, 0.1) is 11.7 Å². The maximum atomic E-state index is 12.4. The number of carbonyl (C=O) groups excluding carboxylic acids is 2. The Kier molecular flexibility index (Phi) is 6.67. The molecule has 140 valence electrons. The molecular formula is C18H20Cl2N2O4. The number of amides is 1. The van der Waals surface area contributed by atoms with Crippen molar-refractivity contribution in [3.05, 3.63) is 50.8 Å². The van der Waals surface area contributed by atoms with Crippen LogP contribution in [0.15, 0.2) is 22.7 Å². The van der Waals surface area contributed by atoms with Gasteiger partial charge in [0.25, 0.3) is 5.91 Å². The molecule has 26 heavy (non-hydrogen) atoms. The Balaban J connectivity index is 2.03. The summed E-state index contributed by atoms with van der Waals surface area (Å²) < 4.78 is 10.3. The molecule has 8 heteroatoms. The quantitative estimate of drug-likeness (QED) is 0.734. The van der Waals surface area contributed by atoms with Crippen molar-refractivity contribution in [3.8, 4) is 0 Å². The highest BCUT2D eigenvalue weighted by molar-refractivity contribution is 6.35. The summed E-state index contributed by atoms with van der Waals surface area (Å²) in [5.74, 6) is -0.717. The molecule has 0 aliphatic carbocycles. The molecule has 1 aromatic carbocycles. The second kappa shape index (κ2) is 8.56. The van der Waals surface area contributed by atoms with Crippen LogP contribution in [-0.2, 0) is 16.0 Å². The van der Waals surface area contributed by atoms with E-state index in [1.165, 1.54) is 6.92 Å². The number of aromatic nitrogens is 1. The van der Waals surface area contributed by atoms with Crippen LogP contribution >= 0.6 is 23.2 Å². The van der Waals surface area contributed by atoms with Gasteiger partial charge in [0.2, 0.25) is 0 Å². The van der Waals surface area contributed by atoms with Crippen molar-refractivity contribution >= 4 is 35.1 Å². The molecule has 0 aliphatic heterocycles. The fraction of sp³-hybridized carbons (Fsp3) is 0.389. The number of esters is 1. The average molecular weight is 399 g/mol. The van der Waals surface area contributed by atoms with Gasteiger partial charge in [-0.2, -0.15) is 0 Å². The summed E-state index contributed by atoms with van der Waals surface area (Å²) in [5.41, 5.74) is 1.48. The standard InChI is InChI=1S/C18H20Cl2N2O4/c1-5-15-16(10(3)26-22-15)18(24)25-11(4)17(23)21-9(2)13-7-6-12(19)8-14(13)20/h6-9,11H,5H2,1-4H3,(H,21,23)/t9-,11-/m1/s1. The van der Waals surface area contributed by atoms with Gasteiger partial charge in [-0.25, -0.2) is 4.79 Å². The summed E-state index contributed by atoms with van der Waals surface area (Å²) in [7, 11) is 0. The minimum atomic E-state index is -0.991. The van der Waals surface area contributed by atoms with E-state index in [0.29, 0.717) is 33.5 Å². The maximum absolute atomic E-state index is 12.4. The Morgan fingerprint density at radius 3 is 2.62 bits per heavy atom. The van der Waals surface area contributed by atoms with Crippen molar-refractivity contribution in [1.29, 1.82) is 0 Å². The highest BCUT2D eigenvalue weighted by Gasteiger charge is 2.26. The zero-order chi connectivity index (χ0) is 19.4. The van der Waals surface area contributed by atoms with Gasteiger partial charge >= 0.3 is 5.97 Å². The number of nitrogens with one attached hydrogen (secondary N) is 1. The monoisotopic (exact) mass is 398 g/mol. The van der Waals surface area contributed by atoms with Crippen LogP contribution in [0, 0.1) is 6.92 Å². The van der Waals surface area contributed by atoms with Crippen LogP contribution in [-0.4, -0.2) is 23.1 Å². The van der Waals surface area contributed by atoms with Crippen LogP contribution in [0.4, 0.5) is 0 Å². The normalized spacial score (nSPS) is 13.2. The number of hydrogen-bond donors (Lipinski definition) is 1. The Hall–Kier alpha value is -2.05. The predicted molar refractivity (Wildman–Crippen MR) is 98.5 cm³/mol. The third-order valence-corrected chi connectivity index (χ3v) is 4.48. The lowest BCUT2D eigenvalue weighted by molar-refractivity contribution is -0.129. The van der Waals surface area contributed by atoms with E-state index in [1.807, 2.05) is 6.92 Å². The molecule has 0 spiro atoms. The molecule has 0 saturated heterocycles. The molecule has 6 nitrogen and oxygen atoms in total. The first-order valence-electron chi connectivity index (χ1n) is 8.16. The SMILES string of the molecule is CCc1noc(C)c1C(=O)O[C@H](C)C(=O)N[C@H](C)c1ccc(Cl)cc1Cl. The Morgan fingerprint density at radius 2 is 2.00 bits per heavy atom. The average Bonchev–Trinajstić information content (AvgIpc) is 2.95. The largest absolute Gasteiger partial charge is 0.449 e. The van der Waals surface area contributed by atoms with Crippen LogP contribution in [0.3, 0.4) is 0 Å². The fourth-order valence-electron chi connectivity index (χ4n) is 2.46. The number of benzene rings is 1. The Bertz CT molecular complexity index is 820. The zero-order valence-electron chi connectivity index (χ0n) is 14.9. The lowest BCUT2D eigenvalue weighted by Crippen LogP contribution is -2.37. The number of halogens is 2. The molecular weight excluding hydrogens is 379 g/mol. The van der Waals surface area contributed by atoms with E-state index < -0.39 is 18.0 Å². The molecule has 2 aromatic rings. The van der Waals surface area contributed by atoms with Crippen molar-refractivity contribution in [1.82, 2.24) is 10.5 Å². The van der Waals surface area contributed by atoms with E-state index in [-0.39, 0.29) is 11.6 Å². The first kappa shape index (κ1) is 20.3.